The first-order chi connectivity index (χ1) is 20.5. The fourth-order valence-electron chi connectivity index (χ4n) is 9.37. The Balaban J connectivity index is 1.07. The van der Waals surface area contributed by atoms with Gasteiger partial charge in [-0.2, -0.15) is 0 Å². The zero-order chi connectivity index (χ0) is 30.6. The zero-order valence-electron chi connectivity index (χ0n) is 25.3. The summed E-state index contributed by atoms with van der Waals surface area (Å²) in [5.41, 5.74) is 2.42. The number of fused-ring (bicyclic) bond motifs is 6. The number of nitrogens with zero attached hydrogens (tertiary/aromatic N) is 1. The predicted octanol–water partition coefficient (Wildman–Crippen LogP) is 4.94. The van der Waals surface area contributed by atoms with Crippen LogP contribution in [0.3, 0.4) is 0 Å². The Bertz CT molecular complexity index is 1510. The van der Waals surface area contributed by atoms with Crippen molar-refractivity contribution in [2.45, 2.75) is 90.2 Å². The molecule has 6 rings (SSSR count). The number of Topliss-reactive ketones (excluding diaryl/α,β-unsaturated/α-hetero) is 1. The van der Waals surface area contributed by atoms with E-state index in [1.807, 2.05) is 24.3 Å². The Kier molecular flexibility index (Phi) is 7.51. The molecule has 0 unspecified atom stereocenters. The number of aliphatic carboxylic acids is 1. The molecule has 4 aliphatic rings. The number of H-pyrrole nitrogens is 1. The standard InChI is InChI=1S/C34H43N3O6/c1-20(38)34(42)15-12-27-25-9-8-22-17-23(10-13-32(22,2)26(25)11-14-33(27,34)3)37-43-19-30(39)36-29(31(40)41)16-21-18-35-28-7-5-4-6-24(21)28/h4-7,17-18,25-27,29,35,42H,8-16,19H2,1-3H3,(H,36,39)(H,40,41)/b37-23-/t25-,26+,27+,29-,32-,33-,34+/m0/s1. The molecule has 1 aromatic heterocycles. The number of oxime groups is 1. The van der Waals surface area contributed by atoms with Gasteiger partial charge < -0.3 is 25.4 Å². The first-order valence-corrected chi connectivity index (χ1v) is 15.7. The van der Waals surface area contributed by atoms with Crippen molar-refractivity contribution in [2.24, 2.45) is 33.7 Å². The van der Waals surface area contributed by atoms with E-state index >= 15 is 0 Å². The number of aromatic nitrogens is 1. The fourth-order valence-corrected chi connectivity index (χ4v) is 9.37. The third kappa shape index (κ3) is 4.89. The lowest BCUT2D eigenvalue weighted by Crippen LogP contribution is -2.57. The largest absolute Gasteiger partial charge is 0.480 e. The second-order valence-electron chi connectivity index (χ2n) is 13.8. The lowest BCUT2D eigenvalue weighted by Gasteiger charge is -2.59. The number of carboxylic acid groups (broad SMARTS) is 1. The molecule has 3 fully saturated rings. The van der Waals surface area contributed by atoms with Crippen molar-refractivity contribution in [1.29, 1.82) is 0 Å². The van der Waals surface area contributed by atoms with E-state index < -0.39 is 23.5 Å². The summed E-state index contributed by atoms with van der Waals surface area (Å²) in [6.07, 6.45) is 11.1. The molecule has 2 aromatic rings. The minimum absolute atomic E-state index is 0.0503. The Labute approximate surface area is 252 Å². The van der Waals surface area contributed by atoms with Crippen LogP contribution in [-0.2, 0) is 25.6 Å². The summed E-state index contributed by atoms with van der Waals surface area (Å²) in [6.45, 7) is 5.71. The molecular weight excluding hydrogens is 546 g/mol. The average molecular weight is 590 g/mol. The van der Waals surface area contributed by atoms with Crippen LogP contribution in [0.15, 0.2) is 47.3 Å². The van der Waals surface area contributed by atoms with Gasteiger partial charge in [-0.25, -0.2) is 4.79 Å². The number of aromatic amines is 1. The smallest absolute Gasteiger partial charge is 0.326 e. The second kappa shape index (κ2) is 10.9. The van der Waals surface area contributed by atoms with Crippen LogP contribution in [0.4, 0.5) is 0 Å². The molecule has 1 aromatic carbocycles. The van der Waals surface area contributed by atoms with Gasteiger partial charge in [-0.15, -0.1) is 0 Å². The van der Waals surface area contributed by atoms with Gasteiger partial charge in [0.25, 0.3) is 5.91 Å². The number of para-hydroxylation sites is 1. The molecule has 0 aliphatic heterocycles. The van der Waals surface area contributed by atoms with Crippen molar-refractivity contribution in [1.82, 2.24) is 10.3 Å². The minimum Gasteiger partial charge on any atom is -0.480 e. The van der Waals surface area contributed by atoms with Gasteiger partial charge in [0.15, 0.2) is 12.4 Å². The van der Waals surface area contributed by atoms with E-state index in [0.717, 1.165) is 67.1 Å². The Morgan fingerprint density at radius 1 is 1.09 bits per heavy atom. The third-order valence-corrected chi connectivity index (χ3v) is 11.8. The molecule has 4 N–H and O–H groups in total. The molecule has 0 saturated heterocycles. The number of carboxylic acids is 1. The first-order valence-electron chi connectivity index (χ1n) is 15.7. The van der Waals surface area contributed by atoms with Crippen molar-refractivity contribution in [3.63, 3.8) is 0 Å². The number of carbonyl (C=O) groups excluding carboxylic acids is 2. The lowest BCUT2D eigenvalue weighted by molar-refractivity contribution is -0.159. The van der Waals surface area contributed by atoms with Gasteiger partial charge in [0.2, 0.25) is 0 Å². The van der Waals surface area contributed by atoms with Crippen molar-refractivity contribution >= 4 is 34.3 Å². The fraction of sp³-hybridized carbons (Fsp3) is 0.588. The van der Waals surface area contributed by atoms with Gasteiger partial charge in [-0.05, 0) is 99.2 Å². The monoisotopic (exact) mass is 589 g/mol. The number of allylic oxidation sites excluding steroid dienone is 2. The molecule has 9 nitrogen and oxygen atoms in total. The molecule has 0 bridgehead atoms. The molecular formula is C34H43N3O6. The molecule has 230 valence electrons. The highest BCUT2D eigenvalue weighted by atomic mass is 16.6. The Morgan fingerprint density at radius 2 is 1.86 bits per heavy atom. The quantitative estimate of drug-likeness (QED) is 0.322. The number of ketones is 1. The van der Waals surface area contributed by atoms with Gasteiger partial charge in [-0.1, -0.05) is 42.8 Å². The number of nitrogens with one attached hydrogen (secondary N) is 2. The summed E-state index contributed by atoms with van der Waals surface area (Å²) in [6, 6.07) is 6.56. The van der Waals surface area contributed by atoms with Gasteiger partial charge in [0.1, 0.15) is 11.6 Å². The molecule has 9 heteroatoms. The molecule has 0 radical (unpaired) electrons. The van der Waals surface area contributed by atoms with Gasteiger partial charge >= 0.3 is 5.97 Å². The Morgan fingerprint density at radius 3 is 2.63 bits per heavy atom. The van der Waals surface area contributed by atoms with E-state index in [1.165, 1.54) is 5.57 Å². The van der Waals surface area contributed by atoms with E-state index in [9.17, 15) is 24.6 Å². The van der Waals surface area contributed by atoms with Crippen LogP contribution in [0.5, 0.6) is 0 Å². The highest BCUT2D eigenvalue weighted by molar-refractivity contribution is 5.96. The first kappa shape index (κ1) is 29.6. The van der Waals surface area contributed by atoms with Crippen LogP contribution in [-0.4, -0.2) is 56.8 Å². The van der Waals surface area contributed by atoms with Crippen molar-refractivity contribution in [2.75, 3.05) is 6.61 Å². The second-order valence-corrected chi connectivity index (χ2v) is 13.8. The maximum atomic E-state index is 12.6. The number of hydrogen-bond donors (Lipinski definition) is 4. The topological polar surface area (TPSA) is 141 Å². The molecule has 1 heterocycles. The van der Waals surface area contributed by atoms with Crippen LogP contribution >= 0.6 is 0 Å². The number of carbonyl (C=O) groups is 3. The van der Waals surface area contributed by atoms with Crippen molar-refractivity contribution < 1.29 is 29.4 Å². The summed E-state index contributed by atoms with van der Waals surface area (Å²) in [4.78, 5) is 45.6. The molecule has 0 spiro atoms. The zero-order valence-corrected chi connectivity index (χ0v) is 25.3. The number of rotatable bonds is 8. The minimum atomic E-state index is -1.20. The highest BCUT2D eigenvalue weighted by Crippen LogP contribution is 2.67. The third-order valence-electron chi connectivity index (χ3n) is 11.8. The van der Waals surface area contributed by atoms with E-state index in [4.69, 9.17) is 4.84 Å². The van der Waals surface area contributed by atoms with E-state index in [0.29, 0.717) is 24.2 Å². The summed E-state index contributed by atoms with van der Waals surface area (Å²) < 4.78 is 0. The number of benzene rings is 1. The molecule has 43 heavy (non-hydrogen) atoms. The van der Waals surface area contributed by atoms with Crippen molar-refractivity contribution in [3.8, 4) is 0 Å². The maximum absolute atomic E-state index is 12.6. The van der Waals surface area contributed by atoms with Gasteiger partial charge in [-0.3, -0.25) is 9.59 Å². The number of amides is 1. The maximum Gasteiger partial charge on any atom is 0.326 e. The molecule has 1 amide bonds. The number of hydrogen-bond acceptors (Lipinski definition) is 6. The summed E-state index contributed by atoms with van der Waals surface area (Å²) >= 11 is 0. The lowest BCUT2D eigenvalue weighted by atomic mass is 9.46. The summed E-state index contributed by atoms with van der Waals surface area (Å²) in [5, 5.41) is 28.9. The van der Waals surface area contributed by atoms with E-state index in [1.54, 1.807) is 13.1 Å². The van der Waals surface area contributed by atoms with Crippen LogP contribution in [0.25, 0.3) is 10.9 Å². The normalized spacial score (nSPS) is 34.9. The van der Waals surface area contributed by atoms with Gasteiger partial charge in [0.05, 0.1) is 5.71 Å². The highest BCUT2D eigenvalue weighted by Gasteiger charge is 2.65. The van der Waals surface area contributed by atoms with Crippen molar-refractivity contribution in [3.05, 3.63) is 47.7 Å². The SMILES string of the molecule is CC(=O)[C@]1(O)CC[C@@H]2[C@H]3CCC4=C/C(=N\OCC(=O)N[C@@H](Cc5c[nH]c6ccccc56)C(=O)O)CC[C@]4(C)[C@@H]3CC[C@@]21C. The Hall–Kier alpha value is -3.46. The number of aliphatic hydroxyl groups is 1. The van der Waals surface area contributed by atoms with E-state index in [-0.39, 0.29) is 29.6 Å². The molecule has 7 atom stereocenters. The van der Waals surface area contributed by atoms with Crippen LogP contribution in [0.1, 0.15) is 77.7 Å². The molecule has 3 saturated carbocycles. The average Bonchev–Trinajstić information content (AvgIpc) is 3.51. The van der Waals surface area contributed by atoms with E-state index in [2.05, 4.69) is 35.4 Å². The summed E-state index contributed by atoms with van der Waals surface area (Å²) in [5.74, 6) is -0.349. The summed E-state index contributed by atoms with van der Waals surface area (Å²) in [7, 11) is 0. The van der Waals surface area contributed by atoms with Gasteiger partial charge in [0, 0.05) is 28.9 Å². The van der Waals surface area contributed by atoms with Crippen LogP contribution < -0.4 is 5.32 Å². The van der Waals surface area contributed by atoms with Crippen LogP contribution in [0, 0.1) is 28.6 Å². The molecule has 4 aliphatic carbocycles. The predicted molar refractivity (Wildman–Crippen MR) is 162 cm³/mol. The van der Waals surface area contributed by atoms with Crippen LogP contribution in [0.2, 0.25) is 0 Å².